The monoisotopic (exact) mass is 341 g/mol. The highest BCUT2D eigenvalue weighted by Gasteiger charge is 2.18. The van der Waals surface area contributed by atoms with Gasteiger partial charge in [0.1, 0.15) is 11.5 Å². The Morgan fingerprint density at radius 1 is 1.20 bits per heavy atom. The standard InChI is InChI=1S/C20H23NO4/c1-14-7-11-24-18(14)17(19-15(2)8-12-25-19)6-4-10-21-9-3-5-16(13-21)20(22)23/h5-8,11-12H,3-4,9-10,13H2,1-2H3,(H,22,23). The molecule has 0 spiro atoms. The van der Waals surface area contributed by atoms with E-state index in [1.807, 2.05) is 32.1 Å². The van der Waals surface area contributed by atoms with Gasteiger partial charge in [-0.3, -0.25) is 4.90 Å². The maximum absolute atomic E-state index is 11.1. The Hall–Kier alpha value is -2.53. The number of rotatable bonds is 6. The molecule has 0 bridgehead atoms. The summed E-state index contributed by atoms with van der Waals surface area (Å²) in [6.45, 7) is 6.21. The number of aryl methyl sites for hydroxylation is 2. The predicted molar refractivity (Wildman–Crippen MR) is 95.4 cm³/mol. The van der Waals surface area contributed by atoms with Gasteiger partial charge >= 0.3 is 5.97 Å². The van der Waals surface area contributed by atoms with Crippen molar-refractivity contribution in [3.05, 3.63) is 65.0 Å². The summed E-state index contributed by atoms with van der Waals surface area (Å²) in [5.41, 5.74) is 3.57. The van der Waals surface area contributed by atoms with E-state index in [1.54, 1.807) is 12.5 Å². The molecule has 1 aliphatic rings. The molecule has 3 heterocycles. The minimum Gasteiger partial charge on any atom is -0.478 e. The van der Waals surface area contributed by atoms with E-state index in [4.69, 9.17) is 13.9 Å². The smallest absolute Gasteiger partial charge is 0.332 e. The summed E-state index contributed by atoms with van der Waals surface area (Å²) >= 11 is 0. The minimum atomic E-state index is -0.821. The van der Waals surface area contributed by atoms with E-state index in [0.29, 0.717) is 12.1 Å². The average Bonchev–Trinajstić information content (AvgIpc) is 3.21. The van der Waals surface area contributed by atoms with Gasteiger partial charge in [0.25, 0.3) is 0 Å². The Morgan fingerprint density at radius 2 is 1.84 bits per heavy atom. The van der Waals surface area contributed by atoms with Crippen LogP contribution in [-0.4, -0.2) is 35.6 Å². The SMILES string of the molecule is Cc1ccoc1C(=CCCN1CCC=C(C(=O)O)C1)c1occc1C. The van der Waals surface area contributed by atoms with E-state index in [1.165, 1.54) is 0 Å². The molecule has 0 saturated carbocycles. The van der Waals surface area contributed by atoms with Gasteiger partial charge in [-0.15, -0.1) is 0 Å². The third-order valence-electron chi connectivity index (χ3n) is 4.51. The van der Waals surface area contributed by atoms with Crippen LogP contribution in [0.5, 0.6) is 0 Å². The number of hydrogen-bond acceptors (Lipinski definition) is 4. The third kappa shape index (κ3) is 3.94. The van der Waals surface area contributed by atoms with Gasteiger partial charge in [-0.1, -0.05) is 12.2 Å². The van der Waals surface area contributed by atoms with Crippen LogP contribution in [0.1, 0.15) is 35.5 Å². The van der Waals surface area contributed by atoms with Gasteiger partial charge in [-0.2, -0.15) is 0 Å². The number of hydrogen-bond donors (Lipinski definition) is 1. The van der Waals surface area contributed by atoms with Crippen molar-refractivity contribution in [2.24, 2.45) is 0 Å². The van der Waals surface area contributed by atoms with Crippen LogP contribution in [0.2, 0.25) is 0 Å². The highest BCUT2D eigenvalue weighted by Crippen LogP contribution is 2.30. The van der Waals surface area contributed by atoms with Gasteiger partial charge in [-0.25, -0.2) is 4.79 Å². The maximum atomic E-state index is 11.1. The maximum Gasteiger partial charge on any atom is 0.332 e. The highest BCUT2D eigenvalue weighted by molar-refractivity contribution is 5.87. The quantitative estimate of drug-likeness (QED) is 0.859. The van der Waals surface area contributed by atoms with Crippen molar-refractivity contribution < 1.29 is 18.7 Å². The van der Waals surface area contributed by atoms with Crippen molar-refractivity contribution in [3.8, 4) is 0 Å². The van der Waals surface area contributed by atoms with Crippen molar-refractivity contribution >= 4 is 11.5 Å². The first-order valence-corrected chi connectivity index (χ1v) is 8.50. The van der Waals surface area contributed by atoms with Crippen LogP contribution in [0.15, 0.2) is 51.2 Å². The second-order valence-electron chi connectivity index (χ2n) is 6.37. The van der Waals surface area contributed by atoms with Crippen LogP contribution >= 0.6 is 0 Å². The Bertz CT molecular complexity index is 767. The molecule has 5 nitrogen and oxygen atoms in total. The second kappa shape index (κ2) is 7.57. The van der Waals surface area contributed by atoms with Crippen molar-refractivity contribution in [1.82, 2.24) is 4.90 Å². The van der Waals surface area contributed by atoms with Crippen LogP contribution < -0.4 is 0 Å². The molecular formula is C20H23NO4. The summed E-state index contributed by atoms with van der Waals surface area (Å²) in [6, 6.07) is 3.88. The van der Waals surface area contributed by atoms with Gasteiger partial charge in [0, 0.05) is 25.2 Å². The first-order chi connectivity index (χ1) is 12.1. The van der Waals surface area contributed by atoms with E-state index in [9.17, 15) is 4.79 Å². The lowest BCUT2D eigenvalue weighted by molar-refractivity contribution is -0.133. The summed E-state index contributed by atoms with van der Waals surface area (Å²) < 4.78 is 11.3. The van der Waals surface area contributed by atoms with Gasteiger partial charge in [0.15, 0.2) is 0 Å². The number of nitrogens with zero attached hydrogens (tertiary/aromatic N) is 1. The molecule has 2 aromatic heterocycles. The predicted octanol–water partition coefficient (Wildman–Crippen LogP) is 4.03. The summed E-state index contributed by atoms with van der Waals surface area (Å²) in [6.07, 6.45) is 8.89. The second-order valence-corrected chi connectivity index (χ2v) is 6.37. The largest absolute Gasteiger partial charge is 0.478 e. The van der Waals surface area contributed by atoms with Crippen molar-refractivity contribution in [2.75, 3.05) is 19.6 Å². The summed E-state index contributed by atoms with van der Waals surface area (Å²) in [4.78, 5) is 13.3. The molecule has 0 atom stereocenters. The molecule has 2 aromatic rings. The van der Waals surface area contributed by atoms with Crippen molar-refractivity contribution in [1.29, 1.82) is 0 Å². The van der Waals surface area contributed by atoms with Crippen LogP contribution in [0.4, 0.5) is 0 Å². The first kappa shape index (κ1) is 17.3. The first-order valence-electron chi connectivity index (χ1n) is 8.50. The fraction of sp³-hybridized carbons (Fsp3) is 0.350. The minimum absolute atomic E-state index is 0.485. The normalized spacial score (nSPS) is 15.0. The number of carboxylic acids is 1. The van der Waals surface area contributed by atoms with E-state index in [0.717, 1.165) is 54.2 Å². The van der Waals surface area contributed by atoms with Crippen LogP contribution in [-0.2, 0) is 4.79 Å². The topological polar surface area (TPSA) is 66.8 Å². The molecule has 5 heteroatoms. The molecule has 0 unspecified atom stereocenters. The molecule has 0 aliphatic carbocycles. The summed E-state index contributed by atoms with van der Waals surface area (Å²) in [5.74, 6) is 0.823. The van der Waals surface area contributed by atoms with Crippen LogP contribution in [0, 0.1) is 13.8 Å². The molecule has 1 aliphatic heterocycles. The van der Waals surface area contributed by atoms with Crippen LogP contribution in [0.25, 0.3) is 5.57 Å². The Labute approximate surface area is 147 Å². The summed E-state index contributed by atoms with van der Waals surface area (Å²) in [7, 11) is 0. The number of carboxylic acid groups (broad SMARTS) is 1. The van der Waals surface area contributed by atoms with Crippen molar-refractivity contribution in [2.45, 2.75) is 26.7 Å². The lowest BCUT2D eigenvalue weighted by atomic mass is 10.0. The van der Waals surface area contributed by atoms with Gasteiger partial charge in [0.2, 0.25) is 0 Å². The Balaban J connectivity index is 1.74. The molecule has 0 radical (unpaired) electrons. The highest BCUT2D eigenvalue weighted by atomic mass is 16.4. The Morgan fingerprint density at radius 3 is 2.36 bits per heavy atom. The zero-order valence-electron chi connectivity index (χ0n) is 14.6. The molecule has 0 fully saturated rings. The third-order valence-corrected chi connectivity index (χ3v) is 4.51. The lowest BCUT2D eigenvalue weighted by Gasteiger charge is -2.25. The molecule has 0 amide bonds. The van der Waals surface area contributed by atoms with Crippen molar-refractivity contribution in [3.63, 3.8) is 0 Å². The molecule has 3 rings (SSSR count). The molecule has 132 valence electrons. The molecule has 0 saturated heterocycles. The van der Waals surface area contributed by atoms with E-state index < -0.39 is 5.97 Å². The zero-order chi connectivity index (χ0) is 17.8. The van der Waals surface area contributed by atoms with Crippen LogP contribution in [0.3, 0.4) is 0 Å². The van der Waals surface area contributed by atoms with E-state index in [2.05, 4.69) is 11.0 Å². The van der Waals surface area contributed by atoms with Gasteiger partial charge in [0.05, 0.1) is 18.1 Å². The fourth-order valence-electron chi connectivity index (χ4n) is 3.13. The summed E-state index contributed by atoms with van der Waals surface area (Å²) in [5, 5.41) is 9.15. The van der Waals surface area contributed by atoms with E-state index in [-0.39, 0.29) is 0 Å². The number of furan rings is 2. The molecule has 0 aromatic carbocycles. The Kier molecular flexibility index (Phi) is 5.24. The van der Waals surface area contributed by atoms with Gasteiger partial charge < -0.3 is 13.9 Å². The number of aliphatic carboxylic acids is 1. The molecular weight excluding hydrogens is 318 g/mol. The lowest BCUT2D eigenvalue weighted by Crippen LogP contribution is -2.32. The molecule has 1 N–H and O–H groups in total. The van der Waals surface area contributed by atoms with E-state index >= 15 is 0 Å². The number of carbonyl (C=O) groups is 1. The molecule has 25 heavy (non-hydrogen) atoms. The fourth-order valence-corrected chi connectivity index (χ4v) is 3.13. The zero-order valence-corrected chi connectivity index (χ0v) is 14.6. The average molecular weight is 341 g/mol. The van der Waals surface area contributed by atoms with Gasteiger partial charge in [-0.05, 0) is 49.9 Å².